The van der Waals surface area contributed by atoms with Gasteiger partial charge in [-0.15, -0.1) is 0 Å². The van der Waals surface area contributed by atoms with Crippen molar-refractivity contribution in [1.82, 2.24) is 0 Å². The number of hydrogen-bond donors (Lipinski definition) is 2. The van der Waals surface area contributed by atoms with E-state index >= 15 is 0 Å². The number of aliphatic hydroxyl groups excluding tert-OH is 2. The molecule has 0 aromatic carbocycles. The Balaban J connectivity index is 3.56. The third-order valence-electron chi connectivity index (χ3n) is 2.20. The van der Waals surface area contributed by atoms with Gasteiger partial charge in [-0.1, -0.05) is 0 Å². The molecule has 0 saturated carbocycles. The van der Waals surface area contributed by atoms with Gasteiger partial charge >= 0.3 is 8.80 Å². The molecule has 0 aliphatic rings. The van der Waals surface area contributed by atoms with Crippen molar-refractivity contribution in [3.8, 4) is 0 Å². The second kappa shape index (κ2) is 9.92. The average Bonchev–Trinajstić information content (AvgIpc) is 2.38. The van der Waals surface area contributed by atoms with Crippen molar-refractivity contribution < 1.29 is 33.3 Å². The van der Waals surface area contributed by atoms with Crippen LogP contribution in [0.1, 0.15) is 6.42 Å². The fourth-order valence-electron chi connectivity index (χ4n) is 1.14. The fraction of sp³-hybridized carbons (Fsp3) is 1.00. The molecule has 0 fully saturated rings. The van der Waals surface area contributed by atoms with Crippen LogP contribution in [-0.4, -0.2) is 66.3 Å². The summed E-state index contributed by atoms with van der Waals surface area (Å²) in [6.45, 7) is -0.0721. The molecule has 7 nitrogen and oxygen atoms in total. The first-order valence-electron chi connectivity index (χ1n) is 5.33. The maximum atomic E-state index is 8.95. The summed E-state index contributed by atoms with van der Waals surface area (Å²) < 4.78 is 15.7. The minimum atomic E-state index is -2.53. The predicted molar refractivity (Wildman–Crippen MR) is 61.2 cm³/mol. The number of hydrogen-bond acceptors (Lipinski definition) is 7. The van der Waals surface area contributed by atoms with E-state index in [9.17, 15) is 0 Å². The van der Waals surface area contributed by atoms with Crippen LogP contribution in [-0.2, 0) is 23.1 Å². The third kappa shape index (κ3) is 7.06. The van der Waals surface area contributed by atoms with Gasteiger partial charge in [-0.05, 0) is 6.42 Å². The highest BCUT2D eigenvalue weighted by molar-refractivity contribution is 6.60. The molecule has 0 radical (unpaired) electrons. The van der Waals surface area contributed by atoms with E-state index in [0.29, 0.717) is 19.1 Å². The predicted octanol–water partition coefficient (Wildman–Crippen LogP) is -0.444. The van der Waals surface area contributed by atoms with Crippen LogP contribution in [0.3, 0.4) is 0 Å². The Labute approximate surface area is 102 Å². The zero-order valence-corrected chi connectivity index (χ0v) is 11.5. The first kappa shape index (κ1) is 16.9. The van der Waals surface area contributed by atoms with Gasteiger partial charge in [0.1, 0.15) is 12.7 Å². The second-order valence-electron chi connectivity index (χ2n) is 3.34. The molecule has 104 valence electrons. The molecule has 0 aliphatic carbocycles. The monoisotopic (exact) mass is 270 g/mol. The van der Waals surface area contributed by atoms with Gasteiger partial charge in [0, 0.05) is 27.4 Å². The highest BCUT2D eigenvalue weighted by Gasteiger charge is 2.36. The summed E-state index contributed by atoms with van der Waals surface area (Å²) in [6.07, 6.45) is -0.267. The van der Waals surface area contributed by atoms with Crippen molar-refractivity contribution in [2.45, 2.75) is 18.6 Å². The van der Waals surface area contributed by atoms with Crippen molar-refractivity contribution in [2.75, 3.05) is 41.2 Å². The number of aliphatic hydroxyl groups is 2. The minimum absolute atomic E-state index is 0.0576. The minimum Gasteiger partial charge on any atom is -0.394 e. The lowest BCUT2D eigenvalue weighted by Crippen LogP contribution is -2.42. The van der Waals surface area contributed by atoms with E-state index in [2.05, 4.69) is 4.89 Å². The van der Waals surface area contributed by atoms with Crippen LogP contribution >= 0.6 is 0 Å². The van der Waals surface area contributed by atoms with Crippen LogP contribution in [0.25, 0.3) is 0 Å². The van der Waals surface area contributed by atoms with E-state index in [4.69, 9.17) is 28.4 Å². The molecule has 8 heteroatoms. The smallest absolute Gasteiger partial charge is 0.394 e. The van der Waals surface area contributed by atoms with E-state index in [1.807, 2.05) is 0 Å². The van der Waals surface area contributed by atoms with E-state index < -0.39 is 14.9 Å². The Morgan fingerprint density at radius 3 is 2.12 bits per heavy atom. The Kier molecular flexibility index (Phi) is 9.88. The summed E-state index contributed by atoms with van der Waals surface area (Å²) >= 11 is 0. The van der Waals surface area contributed by atoms with Crippen LogP contribution in [0.4, 0.5) is 0 Å². The highest BCUT2D eigenvalue weighted by Crippen LogP contribution is 2.14. The molecular formula is C9H22O7Si. The van der Waals surface area contributed by atoms with Crippen LogP contribution in [0.15, 0.2) is 0 Å². The summed E-state index contributed by atoms with van der Waals surface area (Å²) in [5.74, 6) is 0. The molecule has 1 unspecified atom stereocenters. The molecule has 1 atom stereocenters. The van der Waals surface area contributed by atoms with Crippen LogP contribution in [0.5, 0.6) is 0 Å². The molecule has 0 aliphatic heterocycles. The van der Waals surface area contributed by atoms with E-state index in [0.717, 1.165) is 0 Å². The molecule has 2 N–H and O–H groups in total. The van der Waals surface area contributed by atoms with E-state index in [-0.39, 0.29) is 13.2 Å². The molecular weight excluding hydrogens is 248 g/mol. The van der Waals surface area contributed by atoms with Crippen molar-refractivity contribution in [1.29, 1.82) is 0 Å². The topological polar surface area (TPSA) is 86.6 Å². The molecule has 0 amide bonds. The lowest BCUT2D eigenvalue weighted by Gasteiger charge is -2.23. The Hall–Kier alpha value is -0.0631. The molecule has 0 rings (SSSR count). The lowest BCUT2D eigenvalue weighted by molar-refractivity contribution is -0.306. The van der Waals surface area contributed by atoms with Gasteiger partial charge in [-0.25, -0.2) is 9.78 Å². The average molecular weight is 270 g/mol. The van der Waals surface area contributed by atoms with Crippen molar-refractivity contribution in [3.05, 3.63) is 0 Å². The molecule has 0 saturated heterocycles. The summed E-state index contributed by atoms with van der Waals surface area (Å²) in [5.41, 5.74) is 0. The highest BCUT2D eigenvalue weighted by atomic mass is 28.4. The van der Waals surface area contributed by atoms with Gasteiger partial charge in [0.05, 0.1) is 13.2 Å². The molecule has 0 aromatic rings. The SMILES string of the molecule is CO[Si](CCCOOCC(O)CO)(OC)OC. The lowest BCUT2D eigenvalue weighted by atomic mass is 10.4. The van der Waals surface area contributed by atoms with E-state index in [1.165, 1.54) is 0 Å². The number of rotatable bonds is 11. The quantitative estimate of drug-likeness (QED) is 0.228. The van der Waals surface area contributed by atoms with Gasteiger partial charge in [-0.2, -0.15) is 0 Å². The van der Waals surface area contributed by atoms with E-state index in [1.54, 1.807) is 21.3 Å². The molecule has 0 aromatic heterocycles. The van der Waals surface area contributed by atoms with Crippen molar-refractivity contribution in [3.63, 3.8) is 0 Å². The van der Waals surface area contributed by atoms with Gasteiger partial charge in [0.25, 0.3) is 0 Å². The Morgan fingerprint density at radius 1 is 1.06 bits per heavy atom. The van der Waals surface area contributed by atoms with Gasteiger partial charge < -0.3 is 23.5 Å². The molecule has 0 heterocycles. The molecule has 0 bridgehead atoms. The summed E-state index contributed by atoms with van der Waals surface area (Å²) in [7, 11) is 2.12. The summed E-state index contributed by atoms with van der Waals surface area (Å²) in [5, 5.41) is 17.5. The normalized spacial score (nSPS) is 13.9. The van der Waals surface area contributed by atoms with Crippen LogP contribution in [0, 0.1) is 0 Å². The second-order valence-corrected chi connectivity index (χ2v) is 6.43. The van der Waals surface area contributed by atoms with Crippen molar-refractivity contribution >= 4 is 8.80 Å². The van der Waals surface area contributed by atoms with Crippen LogP contribution in [0.2, 0.25) is 6.04 Å². The zero-order chi connectivity index (χ0) is 13.1. The summed E-state index contributed by atoms with van der Waals surface area (Å²) in [6, 6.07) is 0.614. The maximum Gasteiger partial charge on any atom is 0.500 e. The molecule has 17 heavy (non-hydrogen) atoms. The first-order chi connectivity index (χ1) is 8.14. The Bertz CT molecular complexity index is 168. The maximum absolute atomic E-state index is 8.95. The first-order valence-corrected chi connectivity index (χ1v) is 7.26. The van der Waals surface area contributed by atoms with Crippen molar-refractivity contribution in [2.24, 2.45) is 0 Å². The standard InChI is InChI=1S/C9H22O7Si/c1-12-17(13-2,14-3)6-4-5-15-16-8-9(11)7-10/h9-11H,4-8H2,1-3H3. The Morgan fingerprint density at radius 2 is 1.65 bits per heavy atom. The van der Waals surface area contributed by atoms with Gasteiger partial charge in [-0.3, -0.25) is 0 Å². The van der Waals surface area contributed by atoms with Gasteiger partial charge in [0.2, 0.25) is 0 Å². The molecule has 0 spiro atoms. The largest absolute Gasteiger partial charge is 0.500 e. The fourth-order valence-corrected chi connectivity index (χ4v) is 2.83. The zero-order valence-electron chi connectivity index (χ0n) is 10.5. The van der Waals surface area contributed by atoms with Gasteiger partial charge in [0.15, 0.2) is 0 Å². The summed E-state index contributed by atoms with van der Waals surface area (Å²) in [4.78, 5) is 9.50. The van der Waals surface area contributed by atoms with Crippen LogP contribution < -0.4 is 0 Å². The third-order valence-corrected chi connectivity index (χ3v) is 5.03.